The average Bonchev–Trinajstić information content (AvgIpc) is 1.71. The van der Waals surface area contributed by atoms with Crippen molar-refractivity contribution in [3.05, 3.63) is 59.7 Å². The Balaban J connectivity index is 2.09. The smallest absolute Gasteiger partial charge is 0.325 e. The van der Waals surface area contributed by atoms with Crippen LogP contribution in [-0.4, -0.2) is 294 Å². The molecule has 44 N–H and O–H groups in total. The Kier molecular flexibility index (Phi) is 51.2. The van der Waals surface area contributed by atoms with Crippen LogP contribution in [0.2, 0.25) is 0 Å². The summed E-state index contributed by atoms with van der Waals surface area (Å²) in [4.78, 5) is 221. The van der Waals surface area contributed by atoms with E-state index in [1.54, 1.807) is 0 Å². The SMILES string of the molecule is C[C@H](NC(=O)[C@@H]1CSSC[C@H](NC(=O)[C@H](CCCNC(=N)N)NC(=O)[C@H](CCCNC(=N)N)NC(=O)[C@@H](N)CCCNC(=N)N)C(=O)N[C@@H](Cc2ccc(O)cc2)C(=O)N[C@@H](CCCNC(=N)N)C(=O)N[C@@H](CCCCN)C(=O)N[C@H](CCCCN)C(=O)N2CCC[C@H]2C(=O)N[C@@H](Cc2ccc(O)cc2)C(=O)N[C@@H](CCCNC(=N)N)C(=O)N[C@@H](CCCNC(N)=O)C(=O)N1)C(=O)O. The molecule has 51 nitrogen and oxygen atoms in total. The maximum atomic E-state index is 15.7. The summed E-state index contributed by atoms with van der Waals surface area (Å²) >= 11 is 0. The summed E-state index contributed by atoms with van der Waals surface area (Å²) < 4.78 is 0. The fourth-order valence-corrected chi connectivity index (χ4v) is 16.1. The van der Waals surface area contributed by atoms with Crippen molar-refractivity contribution in [1.82, 2.24) is 101 Å². The lowest BCUT2D eigenvalue weighted by Gasteiger charge is -2.31. The molecule has 0 aromatic heterocycles. The number of guanidine groups is 5. The number of phenols is 2. The Morgan fingerprint density at radius 2 is 0.797 bits per heavy atom. The monoisotopic (exact) mass is 1910 g/mol. The molecule has 2 saturated heterocycles. The minimum Gasteiger partial charge on any atom is -0.508 e. The zero-order valence-electron chi connectivity index (χ0n) is 74.5. The normalized spacial score (nSPS) is 20.8. The second-order valence-corrected chi connectivity index (χ2v) is 34.3. The molecule has 53 heteroatoms. The fourth-order valence-electron chi connectivity index (χ4n) is 13.8. The number of unbranched alkanes of at least 4 members (excludes halogenated alkanes) is 2. The second-order valence-electron chi connectivity index (χ2n) is 31.8. The molecule has 2 aromatic carbocycles. The molecule has 0 aliphatic carbocycles. The summed E-state index contributed by atoms with van der Waals surface area (Å²) in [5.41, 5.74) is 52.1. The predicted molar refractivity (Wildman–Crippen MR) is 496 cm³/mol. The summed E-state index contributed by atoms with van der Waals surface area (Å²) in [7, 11) is 1.46. The van der Waals surface area contributed by atoms with Crippen LogP contribution in [0, 0.1) is 27.0 Å². The van der Waals surface area contributed by atoms with Crippen LogP contribution in [0.4, 0.5) is 4.79 Å². The first-order chi connectivity index (χ1) is 63.2. The highest BCUT2D eigenvalue weighted by Crippen LogP contribution is 2.26. The van der Waals surface area contributed by atoms with Gasteiger partial charge in [0.1, 0.15) is 90.0 Å². The first-order valence-electron chi connectivity index (χ1n) is 43.8. The Hall–Kier alpha value is -13.2. The van der Waals surface area contributed by atoms with Gasteiger partial charge in [-0.3, -0.25) is 94.2 Å². The lowest BCUT2D eigenvalue weighted by atomic mass is 10.0. The average molecular weight is 1910 g/mol. The van der Waals surface area contributed by atoms with Crippen molar-refractivity contribution in [2.24, 2.45) is 51.6 Å². The number of carbonyl (C=O) groups is 15. The first kappa shape index (κ1) is 112. The van der Waals surface area contributed by atoms with E-state index < -0.39 is 215 Å². The number of aliphatic carboxylic acids is 1. The summed E-state index contributed by atoms with van der Waals surface area (Å²) in [5.74, 6) is -18.3. The number of nitrogens with one attached hydrogen (secondary N) is 23. The van der Waals surface area contributed by atoms with Gasteiger partial charge in [-0.25, -0.2) is 4.79 Å². The van der Waals surface area contributed by atoms with E-state index in [-0.39, 0.29) is 204 Å². The van der Waals surface area contributed by atoms with Crippen LogP contribution >= 0.6 is 21.6 Å². The molecule has 2 aliphatic heterocycles. The third kappa shape index (κ3) is 44.1. The van der Waals surface area contributed by atoms with Gasteiger partial charge in [0.15, 0.2) is 29.8 Å². The zero-order valence-corrected chi connectivity index (χ0v) is 76.1. The van der Waals surface area contributed by atoms with Crippen LogP contribution in [0.5, 0.6) is 11.5 Å². The Morgan fingerprint density at radius 3 is 1.23 bits per heavy atom. The number of primary amides is 1. The Labute approximate surface area is 777 Å². The minimum absolute atomic E-state index is 0.0106. The van der Waals surface area contributed by atoms with Crippen molar-refractivity contribution in [3.63, 3.8) is 0 Å². The van der Waals surface area contributed by atoms with Crippen molar-refractivity contribution in [3.8, 4) is 11.5 Å². The van der Waals surface area contributed by atoms with E-state index in [9.17, 15) is 39.3 Å². The van der Waals surface area contributed by atoms with E-state index in [4.69, 9.17) is 78.6 Å². The van der Waals surface area contributed by atoms with E-state index in [2.05, 4.69) is 95.7 Å². The van der Waals surface area contributed by atoms with Gasteiger partial charge >= 0.3 is 12.0 Å². The maximum absolute atomic E-state index is 15.7. The molecule has 14 atom stereocenters. The fraction of sp³-hybridized carbons (Fsp3) is 0.600. The number of benzene rings is 2. The standard InChI is InChI=1S/C80H135N33O18S2/c1-43(74(129)130)101-70(125)58-41-132-133-42-59(112-67(122)53(19-10-36-99-79(92)93)104-62(117)50(16-7-33-96-76(86)87)102-61(116)48(83)13-6-32-95-75(84)85)71(126)109-56(39-44-22-26-46(114)27-23-44)68(123)106-51(17-8-34-97-77(88)89)63(118)103-49(14-2-4-30-81)65(120)108-55(15-3-5-31-82)73(128)113-38-12-21-60(113)72(127)110-57(40-45-24-28-47(115)29-25-45)69(124)107-52(18-9-35-98-78(90)91)64(119)105-54(66(121)111-58)20-11-37-100-80(94)131/h22-29,43,48-60,114-115H,2-21,30-42,81-83H2,1H3,(H,101,125)(H,102,116)(H,103,118)(H,104,117)(H,105,119)(H,106,123)(H,107,124)(H,108,120)(H,109,126)(H,110,127)(H,111,121)(H,112,122)(H,129,130)(H4,84,85,95)(H4,86,87,96)(H4,88,89,97)(H4,90,91,98)(H4,92,93,99)(H3,94,100,131)/t43-,48-,49-,50-,51-,52-,53-,54-,55+,56-,57-,58-,59-,60-/m0/s1. The summed E-state index contributed by atoms with van der Waals surface area (Å²) in [6.45, 7) is 1.07. The van der Waals surface area contributed by atoms with Gasteiger partial charge in [0, 0.05) is 70.2 Å². The molecular formula is C80H135N33O18S2. The summed E-state index contributed by atoms with van der Waals surface area (Å²) in [6.07, 6.45) is -0.943. The topological polar surface area (TPSA) is 890 Å². The molecule has 133 heavy (non-hydrogen) atoms. The van der Waals surface area contributed by atoms with Gasteiger partial charge in [-0.15, -0.1) is 0 Å². The summed E-state index contributed by atoms with van der Waals surface area (Å²) in [6, 6.07) is -12.5. The highest BCUT2D eigenvalue weighted by atomic mass is 33.1. The molecule has 0 radical (unpaired) electrons. The van der Waals surface area contributed by atoms with Crippen molar-refractivity contribution < 1.29 is 87.2 Å². The predicted octanol–water partition coefficient (Wildman–Crippen LogP) is -8.46. The lowest BCUT2D eigenvalue weighted by Crippen LogP contribution is -2.61. The number of carbonyl (C=O) groups excluding carboxylic acids is 14. The van der Waals surface area contributed by atoms with Crippen molar-refractivity contribution >= 4 is 140 Å². The molecule has 2 aromatic rings. The van der Waals surface area contributed by atoms with E-state index in [1.165, 1.54) is 53.4 Å². The number of nitrogens with two attached hydrogens (primary N) is 9. The van der Waals surface area contributed by atoms with Gasteiger partial charge in [0.2, 0.25) is 76.8 Å². The second kappa shape index (κ2) is 60.7. The molecule has 740 valence electrons. The quantitative estimate of drug-likeness (QED) is 0.0127. The third-order valence-corrected chi connectivity index (χ3v) is 23.4. The molecule has 0 spiro atoms. The molecule has 0 unspecified atom stereocenters. The number of amides is 15. The van der Waals surface area contributed by atoms with Crippen molar-refractivity contribution in [2.45, 2.75) is 233 Å². The van der Waals surface area contributed by atoms with Crippen LogP contribution in [0.1, 0.15) is 146 Å². The molecule has 15 amide bonds. The molecule has 2 aliphatic rings. The molecule has 0 saturated carbocycles. The molecule has 2 heterocycles. The molecular weight excluding hydrogens is 1780 g/mol. The maximum Gasteiger partial charge on any atom is 0.325 e. The van der Waals surface area contributed by atoms with Gasteiger partial charge in [-0.2, -0.15) is 0 Å². The number of phenolic OH excluding ortho intramolecular Hbond substituents is 2. The number of urea groups is 1. The Morgan fingerprint density at radius 1 is 0.436 bits per heavy atom. The number of nitrogens with zero attached hydrogens (tertiary/aromatic N) is 1. The zero-order chi connectivity index (χ0) is 98.7. The number of carboxylic acid groups (broad SMARTS) is 1. The molecule has 4 rings (SSSR count). The highest BCUT2D eigenvalue weighted by molar-refractivity contribution is 8.76. The van der Waals surface area contributed by atoms with Crippen molar-refractivity contribution in [2.75, 3.05) is 70.4 Å². The Bertz CT molecular complexity index is 4240. The third-order valence-electron chi connectivity index (χ3n) is 21.0. The number of hydrogen-bond acceptors (Lipinski definition) is 27. The van der Waals surface area contributed by atoms with Crippen LogP contribution in [0.15, 0.2) is 48.5 Å². The van der Waals surface area contributed by atoms with Crippen molar-refractivity contribution in [1.29, 1.82) is 27.0 Å². The van der Waals surface area contributed by atoms with Gasteiger partial charge in [0.25, 0.3) is 0 Å². The van der Waals surface area contributed by atoms with Gasteiger partial charge in [-0.1, -0.05) is 45.9 Å². The number of rotatable bonds is 45. The van der Waals surface area contributed by atoms with E-state index in [0.717, 1.165) is 28.5 Å². The minimum atomic E-state index is -1.88. The molecule has 2 fully saturated rings. The van der Waals surface area contributed by atoms with Gasteiger partial charge in [-0.05, 0) is 184 Å². The van der Waals surface area contributed by atoms with Gasteiger partial charge in [0.05, 0.1) is 6.04 Å². The first-order valence-corrected chi connectivity index (χ1v) is 46.3. The van der Waals surface area contributed by atoms with Crippen LogP contribution < -0.4 is 147 Å². The lowest BCUT2D eigenvalue weighted by molar-refractivity contribution is -0.142. The van der Waals surface area contributed by atoms with E-state index >= 15 is 47.9 Å². The van der Waals surface area contributed by atoms with E-state index in [0.29, 0.717) is 18.4 Å². The highest BCUT2D eigenvalue weighted by Gasteiger charge is 2.42. The largest absolute Gasteiger partial charge is 0.508 e. The number of hydrogen-bond donors (Lipinski definition) is 35. The van der Waals surface area contributed by atoms with Crippen LogP contribution in [-0.2, 0) is 80.0 Å². The van der Waals surface area contributed by atoms with Gasteiger partial charge < -0.3 is 168 Å². The summed E-state index contributed by atoms with van der Waals surface area (Å²) in [5, 5.41) is 117. The molecule has 0 bridgehead atoms. The van der Waals surface area contributed by atoms with E-state index in [1.807, 2.05) is 0 Å². The number of fused-ring (bicyclic) bond motifs is 1. The number of carboxylic acids is 1. The van der Waals surface area contributed by atoms with Crippen LogP contribution in [0.25, 0.3) is 0 Å². The van der Waals surface area contributed by atoms with Crippen LogP contribution in [0.3, 0.4) is 0 Å². The number of aromatic hydroxyl groups is 2.